The molecular formula is C37H33FN2O3. The van der Waals surface area contributed by atoms with Crippen LogP contribution in [0.1, 0.15) is 53.3 Å². The molecule has 216 valence electrons. The van der Waals surface area contributed by atoms with E-state index < -0.39 is 17.1 Å². The number of ether oxygens (including phenoxy) is 1. The van der Waals surface area contributed by atoms with Crippen molar-refractivity contribution in [1.82, 2.24) is 9.47 Å². The molecule has 43 heavy (non-hydrogen) atoms. The first-order valence-electron chi connectivity index (χ1n) is 15.7. The second kappa shape index (κ2) is 8.19. The smallest absolute Gasteiger partial charge is 0.166 e. The first-order valence-corrected chi connectivity index (χ1v) is 15.7. The van der Waals surface area contributed by atoms with Gasteiger partial charge in [-0.1, -0.05) is 54.6 Å². The van der Waals surface area contributed by atoms with E-state index in [1.807, 2.05) is 12.1 Å². The minimum absolute atomic E-state index is 0.0138. The fraction of sp³-hybridized carbons (Fsp3) is 0.351. The quantitative estimate of drug-likeness (QED) is 0.262. The molecule has 2 aliphatic heterocycles. The predicted octanol–water partition coefficient (Wildman–Crippen LogP) is 6.39. The Labute approximate surface area is 249 Å². The van der Waals surface area contributed by atoms with Gasteiger partial charge in [0.1, 0.15) is 5.82 Å². The molecule has 2 N–H and O–H groups in total. The Bertz CT molecular complexity index is 2000. The van der Waals surface area contributed by atoms with Crippen molar-refractivity contribution in [3.63, 3.8) is 0 Å². The van der Waals surface area contributed by atoms with E-state index in [0.717, 1.165) is 75.9 Å². The summed E-state index contributed by atoms with van der Waals surface area (Å²) >= 11 is 0. The number of benzene rings is 4. The second-order valence-electron chi connectivity index (χ2n) is 13.7. The van der Waals surface area contributed by atoms with Crippen molar-refractivity contribution >= 4 is 21.7 Å². The minimum atomic E-state index is -1.04. The molecule has 6 heteroatoms. The van der Waals surface area contributed by atoms with Gasteiger partial charge < -0.3 is 19.5 Å². The van der Waals surface area contributed by atoms with E-state index in [1.165, 1.54) is 30.5 Å². The molecule has 5 aromatic rings. The topological polar surface area (TPSA) is 57.9 Å². The third-order valence-corrected chi connectivity index (χ3v) is 11.6. The van der Waals surface area contributed by atoms with Crippen molar-refractivity contribution in [2.45, 2.75) is 61.8 Å². The summed E-state index contributed by atoms with van der Waals surface area (Å²) in [6, 6.07) is 23.4. The number of hydrogen-bond acceptors (Lipinski definition) is 4. The SMILES string of the molecule is Oc1ccc2c3c1O[C@H]1c4c(c5ccc6ccccc6c5n4Cc4ccc(F)cc4)C[C@@]4(O)[C@@H](C2)N(CC2CC2)CC[C@]314. The average Bonchev–Trinajstić information content (AvgIpc) is 3.68. The van der Waals surface area contributed by atoms with Crippen LogP contribution in [0.2, 0.25) is 0 Å². The van der Waals surface area contributed by atoms with E-state index in [2.05, 4.69) is 51.9 Å². The van der Waals surface area contributed by atoms with E-state index in [9.17, 15) is 14.6 Å². The molecule has 0 unspecified atom stereocenters. The van der Waals surface area contributed by atoms with Crippen LogP contribution in [0.5, 0.6) is 11.5 Å². The maximum Gasteiger partial charge on any atom is 0.166 e. The number of phenols is 1. The number of aromatic nitrogens is 1. The Kier molecular flexibility index (Phi) is 4.68. The molecule has 5 aliphatic rings. The highest BCUT2D eigenvalue weighted by Gasteiger charge is 2.73. The molecule has 1 aromatic heterocycles. The first kappa shape index (κ1) is 24.6. The number of halogens is 1. The molecular weight excluding hydrogens is 539 g/mol. The van der Waals surface area contributed by atoms with Crippen LogP contribution < -0.4 is 4.74 Å². The highest BCUT2D eigenvalue weighted by atomic mass is 19.1. The lowest BCUT2D eigenvalue weighted by atomic mass is 9.49. The number of nitrogens with zero attached hydrogens (tertiary/aromatic N) is 2. The molecule has 0 amide bonds. The van der Waals surface area contributed by atoms with Crippen LogP contribution >= 0.6 is 0 Å². The van der Waals surface area contributed by atoms with Crippen LogP contribution in [-0.4, -0.2) is 44.4 Å². The van der Waals surface area contributed by atoms with Gasteiger partial charge in [-0.2, -0.15) is 0 Å². The summed E-state index contributed by atoms with van der Waals surface area (Å²) in [4.78, 5) is 2.58. The van der Waals surface area contributed by atoms with Crippen molar-refractivity contribution in [2.24, 2.45) is 5.92 Å². The number of aliphatic hydroxyl groups is 1. The number of phenolic OH excluding ortho intramolecular Hbond substituents is 1. The Morgan fingerprint density at radius 3 is 2.63 bits per heavy atom. The van der Waals surface area contributed by atoms with E-state index in [1.54, 1.807) is 6.07 Å². The highest BCUT2D eigenvalue weighted by molar-refractivity contribution is 6.08. The zero-order valence-corrected chi connectivity index (χ0v) is 23.9. The molecule has 4 atom stereocenters. The van der Waals surface area contributed by atoms with Crippen molar-refractivity contribution in [1.29, 1.82) is 0 Å². The van der Waals surface area contributed by atoms with Crippen LogP contribution in [0.3, 0.4) is 0 Å². The predicted molar refractivity (Wildman–Crippen MR) is 163 cm³/mol. The number of piperidine rings is 1. The van der Waals surface area contributed by atoms with Gasteiger partial charge in [0.15, 0.2) is 17.6 Å². The second-order valence-corrected chi connectivity index (χ2v) is 13.7. The van der Waals surface area contributed by atoms with Crippen LogP contribution in [0.15, 0.2) is 72.8 Å². The minimum Gasteiger partial charge on any atom is -0.504 e. The first-order chi connectivity index (χ1) is 21.0. The van der Waals surface area contributed by atoms with Gasteiger partial charge in [0.25, 0.3) is 0 Å². The number of hydrogen-bond donors (Lipinski definition) is 2. The van der Waals surface area contributed by atoms with Crippen molar-refractivity contribution in [3.8, 4) is 11.5 Å². The van der Waals surface area contributed by atoms with Gasteiger partial charge in [-0.3, -0.25) is 4.90 Å². The lowest BCUT2D eigenvalue weighted by Crippen LogP contribution is -2.74. The van der Waals surface area contributed by atoms with Crippen molar-refractivity contribution in [3.05, 3.63) is 107 Å². The van der Waals surface area contributed by atoms with E-state index in [0.29, 0.717) is 18.7 Å². The van der Waals surface area contributed by atoms with Gasteiger partial charge in [0, 0.05) is 41.9 Å². The summed E-state index contributed by atoms with van der Waals surface area (Å²) in [5, 5.41) is 27.9. The largest absolute Gasteiger partial charge is 0.504 e. The summed E-state index contributed by atoms with van der Waals surface area (Å²) in [5.74, 6) is 1.18. The lowest BCUT2D eigenvalue weighted by molar-refractivity contribution is -0.173. The number of likely N-dealkylation sites (tertiary alicyclic amines) is 1. The third-order valence-electron chi connectivity index (χ3n) is 11.6. The summed E-state index contributed by atoms with van der Waals surface area (Å²) in [7, 11) is 0. The number of rotatable bonds is 4. The Morgan fingerprint density at radius 1 is 0.953 bits per heavy atom. The fourth-order valence-corrected chi connectivity index (χ4v) is 9.56. The third kappa shape index (κ3) is 3.03. The van der Waals surface area contributed by atoms with Gasteiger partial charge in [0.2, 0.25) is 0 Å². The normalized spacial score (nSPS) is 28.6. The standard InChI is InChI=1S/C37H33FN2O3/c38-25-11-7-22(8-12-25)20-40-32-26-4-2-1-3-23(26)9-13-27(32)28-18-37(42)30-17-24-10-14-29(41)34-31(24)36(37,35(43-34)33(28)40)15-16-39(30)19-21-5-6-21/h1-4,7-14,21,30,35,41-42H,5-6,15-20H2/t30-,35+,36+,37-/m1/s1. The molecule has 3 heterocycles. The molecule has 1 saturated carbocycles. The van der Waals surface area contributed by atoms with E-state index in [4.69, 9.17) is 4.74 Å². The molecule has 1 spiro atoms. The highest BCUT2D eigenvalue weighted by Crippen LogP contribution is 2.69. The van der Waals surface area contributed by atoms with Crippen LogP contribution in [0, 0.1) is 11.7 Å². The summed E-state index contributed by atoms with van der Waals surface area (Å²) in [6.45, 7) is 2.51. The van der Waals surface area contributed by atoms with E-state index in [-0.39, 0.29) is 17.6 Å². The van der Waals surface area contributed by atoms with Gasteiger partial charge >= 0.3 is 0 Å². The van der Waals surface area contributed by atoms with Crippen LogP contribution in [0.25, 0.3) is 21.7 Å². The lowest BCUT2D eigenvalue weighted by Gasteiger charge is -2.63. The molecule has 2 bridgehead atoms. The zero-order chi connectivity index (χ0) is 28.7. The van der Waals surface area contributed by atoms with Crippen LogP contribution in [0.4, 0.5) is 4.39 Å². The molecule has 4 aromatic carbocycles. The molecule has 5 nitrogen and oxygen atoms in total. The molecule has 3 aliphatic carbocycles. The van der Waals surface area contributed by atoms with Gasteiger partial charge in [-0.05, 0) is 78.4 Å². The summed E-state index contributed by atoms with van der Waals surface area (Å²) < 4.78 is 23.3. The van der Waals surface area contributed by atoms with Crippen molar-refractivity contribution in [2.75, 3.05) is 13.1 Å². The van der Waals surface area contributed by atoms with E-state index >= 15 is 0 Å². The Morgan fingerprint density at radius 2 is 1.79 bits per heavy atom. The maximum absolute atomic E-state index is 14.0. The molecule has 2 fully saturated rings. The fourth-order valence-electron chi connectivity index (χ4n) is 9.56. The molecule has 1 saturated heterocycles. The number of aromatic hydroxyl groups is 1. The Balaban J connectivity index is 1.28. The van der Waals surface area contributed by atoms with Gasteiger partial charge in [0.05, 0.1) is 22.2 Å². The van der Waals surface area contributed by atoms with Gasteiger partial charge in [-0.15, -0.1) is 0 Å². The maximum atomic E-state index is 14.0. The Hall–Kier alpha value is -3.87. The molecule has 0 radical (unpaired) electrons. The summed E-state index contributed by atoms with van der Waals surface area (Å²) in [5.41, 5.74) is 4.88. The number of fused-ring (bicyclic) bond motifs is 6. The van der Waals surface area contributed by atoms with Crippen molar-refractivity contribution < 1.29 is 19.3 Å². The molecule has 10 rings (SSSR count). The van der Waals surface area contributed by atoms with Gasteiger partial charge in [-0.25, -0.2) is 4.39 Å². The average molecular weight is 573 g/mol. The summed E-state index contributed by atoms with van der Waals surface area (Å²) in [6.07, 6.45) is 4.19. The van der Waals surface area contributed by atoms with Crippen LogP contribution in [-0.2, 0) is 24.8 Å². The zero-order valence-electron chi connectivity index (χ0n) is 23.9. The monoisotopic (exact) mass is 572 g/mol.